The van der Waals surface area contributed by atoms with Gasteiger partial charge in [-0.25, -0.2) is 0 Å². The summed E-state index contributed by atoms with van der Waals surface area (Å²) in [6, 6.07) is 10.6. The first-order valence-corrected chi connectivity index (χ1v) is 6.75. The number of aliphatic hydroxyl groups excluding tert-OH is 1. The third-order valence-corrected chi connectivity index (χ3v) is 4.52. The summed E-state index contributed by atoms with van der Waals surface area (Å²) in [7, 11) is 0. The summed E-state index contributed by atoms with van der Waals surface area (Å²) in [6.07, 6.45) is 3.21. The number of rotatable bonds is 2. The van der Waals surface area contributed by atoms with E-state index in [1.165, 1.54) is 12.0 Å². The van der Waals surface area contributed by atoms with Crippen molar-refractivity contribution in [2.24, 2.45) is 11.8 Å². The minimum absolute atomic E-state index is 0.0703. The zero-order valence-electron chi connectivity index (χ0n) is 11.2. The molecule has 0 aromatic heterocycles. The van der Waals surface area contributed by atoms with Crippen LogP contribution in [0.4, 0.5) is 0 Å². The molecule has 0 spiro atoms. The van der Waals surface area contributed by atoms with Crippen molar-refractivity contribution in [1.29, 1.82) is 0 Å². The van der Waals surface area contributed by atoms with E-state index >= 15 is 0 Å². The van der Waals surface area contributed by atoms with Gasteiger partial charge in [-0.2, -0.15) is 0 Å². The third kappa shape index (κ3) is 2.55. The molecule has 1 aliphatic carbocycles. The Hall–Kier alpha value is -0.820. The lowest BCUT2D eigenvalue weighted by Gasteiger charge is -2.42. The molecule has 0 heterocycles. The van der Waals surface area contributed by atoms with E-state index in [-0.39, 0.29) is 11.5 Å². The van der Waals surface area contributed by atoms with Crippen LogP contribution in [0.3, 0.4) is 0 Å². The topological polar surface area (TPSA) is 20.2 Å². The molecule has 0 amide bonds. The predicted octanol–water partition coefficient (Wildman–Crippen LogP) is 3.76. The van der Waals surface area contributed by atoms with E-state index in [2.05, 4.69) is 51.1 Å². The predicted molar refractivity (Wildman–Crippen MR) is 72.0 cm³/mol. The molecule has 1 aliphatic rings. The molecule has 1 fully saturated rings. The van der Waals surface area contributed by atoms with Crippen LogP contribution in [0.1, 0.15) is 45.6 Å². The second-order valence-corrected chi connectivity index (χ2v) is 6.18. The first-order valence-electron chi connectivity index (χ1n) is 6.75. The molecule has 0 bridgehead atoms. The van der Waals surface area contributed by atoms with Gasteiger partial charge in [0.2, 0.25) is 0 Å². The lowest BCUT2D eigenvalue weighted by molar-refractivity contribution is 0.0143. The van der Waals surface area contributed by atoms with Gasteiger partial charge in [-0.1, -0.05) is 57.5 Å². The number of hydrogen-bond donors (Lipinski definition) is 1. The van der Waals surface area contributed by atoms with Crippen LogP contribution in [-0.4, -0.2) is 11.2 Å². The fourth-order valence-corrected chi connectivity index (χ4v) is 3.27. The first kappa shape index (κ1) is 12.6. The normalized spacial score (nSPS) is 30.2. The Labute approximate surface area is 105 Å². The molecule has 2 rings (SSSR count). The Balaban J connectivity index is 2.21. The molecule has 94 valence electrons. The minimum Gasteiger partial charge on any atom is -0.393 e. The molecule has 0 saturated heterocycles. The summed E-state index contributed by atoms with van der Waals surface area (Å²) in [5, 5.41) is 10.3. The van der Waals surface area contributed by atoms with E-state index in [0.29, 0.717) is 11.8 Å². The van der Waals surface area contributed by atoms with Crippen molar-refractivity contribution in [3.05, 3.63) is 35.9 Å². The van der Waals surface area contributed by atoms with Gasteiger partial charge in [-0.15, -0.1) is 0 Å². The largest absolute Gasteiger partial charge is 0.393 e. The maximum atomic E-state index is 10.3. The van der Waals surface area contributed by atoms with Gasteiger partial charge in [-0.05, 0) is 35.7 Å². The van der Waals surface area contributed by atoms with Crippen LogP contribution in [-0.2, 0) is 5.41 Å². The molecular formula is C16H24O. The van der Waals surface area contributed by atoms with E-state index in [0.717, 1.165) is 12.8 Å². The van der Waals surface area contributed by atoms with Crippen molar-refractivity contribution in [3.8, 4) is 0 Å². The Kier molecular flexibility index (Phi) is 3.58. The van der Waals surface area contributed by atoms with Crippen molar-refractivity contribution < 1.29 is 5.11 Å². The smallest absolute Gasteiger partial charge is 0.0579 e. The molecule has 0 aliphatic heterocycles. The monoisotopic (exact) mass is 232 g/mol. The molecule has 1 nitrogen and oxygen atoms in total. The average molecular weight is 232 g/mol. The van der Waals surface area contributed by atoms with Crippen LogP contribution in [0.15, 0.2) is 30.3 Å². The standard InChI is InChI=1S/C16H24O/c1-12-9-10-14(15(17)11-12)16(2,3)13-7-5-4-6-8-13/h4-8,12,14-15,17H,9-11H2,1-3H3/t12-,14?,15?/m1/s1. The van der Waals surface area contributed by atoms with Gasteiger partial charge >= 0.3 is 0 Å². The summed E-state index contributed by atoms with van der Waals surface area (Å²) < 4.78 is 0. The van der Waals surface area contributed by atoms with Crippen molar-refractivity contribution in [1.82, 2.24) is 0 Å². The van der Waals surface area contributed by atoms with Gasteiger partial charge in [-0.3, -0.25) is 0 Å². The Morgan fingerprint density at radius 3 is 2.35 bits per heavy atom. The van der Waals surface area contributed by atoms with Gasteiger partial charge in [0.25, 0.3) is 0 Å². The molecule has 3 atom stereocenters. The zero-order chi connectivity index (χ0) is 12.5. The highest BCUT2D eigenvalue weighted by Crippen LogP contribution is 2.42. The van der Waals surface area contributed by atoms with E-state index in [1.54, 1.807) is 0 Å². The average Bonchev–Trinajstić information content (AvgIpc) is 2.29. The second-order valence-electron chi connectivity index (χ2n) is 6.18. The summed E-state index contributed by atoms with van der Waals surface area (Å²) in [5.74, 6) is 1.06. The van der Waals surface area contributed by atoms with Gasteiger partial charge in [0.05, 0.1) is 6.10 Å². The maximum absolute atomic E-state index is 10.3. The molecule has 1 aromatic carbocycles. The van der Waals surface area contributed by atoms with Crippen LogP contribution in [0.5, 0.6) is 0 Å². The van der Waals surface area contributed by atoms with Crippen molar-refractivity contribution in [3.63, 3.8) is 0 Å². The van der Waals surface area contributed by atoms with Crippen LogP contribution < -0.4 is 0 Å². The van der Waals surface area contributed by atoms with Crippen LogP contribution in [0, 0.1) is 11.8 Å². The van der Waals surface area contributed by atoms with Gasteiger partial charge in [0.15, 0.2) is 0 Å². The van der Waals surface area contributed by atoms with E-state index in [1.807, 2.05) is 0 Å². The zero-order valence-corrected chi connectivity index (χ0v) is 11.2. The molecule has 1 N–H and O–H groups in total. The van der Waals surface area contributed by atoms with Gasteiger partial charge in [0.1, 0.15) is 0 Å². The fraction of sp³-hybridized carbons (Fsp3) is 0.625. The van der Waals surface area contributed by atoms with Gasteiger partial charge in [0, 0.05) is 0 Å². The molecular weight excluding hydrogens is 208 g/mol. The van der Waals surface area contributed by atoms with Crippen LogP contribution in [0.2, 0.25) is 0 Å². The van der Waals surface area contributed by atoms with Crippen LogP contribution >= 0.6 is 0 Å². The SMILES string of the molecule is C[C@@H]1CCC(C(C)(C)c2ccccc2)C(O)C1. The minimum atomic E-state index is -0.144. The Bertz CT molecular complexity index is 355. The Morgan fingerprint density at radius 1 is 1.12 bits per heavy atom. The number of hydrogen-bond acceptors (Lipinski definition) is 1. The van der Waals surface area contributed by atoms with Crippen LogP contribution in [0.25, 0.3) is 0 Å². The Morgan fingerprint density at radius 2 is 1.76 bits per heavy atom. The number of benzene rings is 1. The van der Waals surface area contributed by atoms with E-state index in [9.17, 15) is 5.11 Å². The maximum Gasteiger partial charge on any atom is 0.0579 e. The third-order valence-electron chi connectivity index (χ3n) is 4.52. The highest BCUT2D eigenvalue weighted by molar-refractivity contribution is 5.25. The van der Waals surface area contributed by atoms with Crippen molar-refractivity contribution >= 4 is 0 Å². The highest BCUT2D eigenvalue weighted by Gasteiger charge is 2.38. The molecule has 2 unspecified atom stereocenters. The fourth-order valence-electron chi connectivity index (χ4n) is 3.27. The molecule has 0 radical (unpaired) electrons. The summed E-state index contributed by atoms with van der Waals surface area (Å²) in [5.41, 5.74) is 1.42. The molecule has 1 heteroatoms. The van der Waals surface area contributed by atoms with Gasteiger partial charge < -0.3 is 5.11 Å². The molecule has 1 saturated carbocycles. The van der Waals surface area contributed by atoms with E-state index < -0.39 is 0 Å². The molecule has 1 aromatic rings. The molecule has 17 heavy (non-hydrogen) atoms. The highest BCUT2D eigenvalue weighted by atomic mass is 16.3. The van der Waals surface area contributed by atoms with Crippen molar-refractivity contribution in [2.75, 3.05) is 0 Å². The first-order chi connectivity index (χ1) is 8.01. The second kappa shape index (κ2) is 4.81. The summed E-state index contributed by atoms with van der Waals surface area (Å²) in [4.78, 5) is 0. The lowest BCUT2D eigenvalue weighted by atomic mass is 9.64. The van der Waals surface area contributed by atoms with E-state index in [4.69, 9.17) is 0 Å². The lowest BCUT2D eigenvalue weighted by Crippen LogP contribution is -2.41. The number of aliphatic hydroxyl groups is 1. The summed E-state index contributed by atoms with van der Waals surface area (Å²) in [6.45, 7) is 6.79. The quantitative estimate of drug-likeness (QED) is 0.823. The summed E-state index contributed by atoms with van der Waals surface area (Å²) >= 11 is 0. The van der Waals surface area contributed by atoms with Crippen molar-refractivity contribution in [2.45, 2.75) is 51.6 Å².